The SMILES string of the molecule is CN(O)Cc1ccoc1. The molecule has 1 aromatic heterocycles. The van der Waals surface area contributed by atoms with Crippen LogP contribution >= 0.6 is 0 Å². The number of furan rings is 1. The second-order valence-electron chi connectivity index (χ2n) is 1.95. The molecule has 0 radical (unpaired) electrons. The molecule has 1 N–H and O–H groups in total. The molecule has 3 heteroatoms. The van der Waals surface area contributed by atoms with E-state index in [4.69, 9.17) is 9.62 Å². The zero-order valence-corrected chi connectivity index (χ0v) is 5.24. The molecule has 0 saturated carbocycles. The van der Waals surface area contributed by atoms with Crippen molar-refractivity contribution in [2.45, 2.75) is 6.54 Å². The van der Waals surface area contributed by atoms with Crippen molar-refractivity contribution in [3.05, 3.63) is 24.2 Å². The average Bonchev–Trinajstić information content (AvgIpc) is 2.15. The maximum atomic E-state index is 8.72. The van der Waals surface area contributed by atoms with Gasteiger partial charge < -0.3 is 9.62 Å². The average molecular weight is 127 g/mol. The summed E-state index contributed by atoms with van der Waals surface area (Å²) >= 11 is 0. The summed E-state index contributed by atoms with van der Waals surface area (Å²) in [6.45, 7) is 0.510. The van der Waals surface area contributed by atoms with Gasteiger partial charge in [-0.3, -0.25) is 0 Å². The van der Waals surface area contributed by atoms with E-state index in [0.29, 0.717) is 6.54 Å². The fraction of sp³-hybridized carbons (Fsp3) is 0.333. The van der Waals surface area contributed by atoms with E-state index >= 15 is 0 Å². The van der Waals surface area contributed by atoms with Crippen molar-refractivity contribution in [1.29, 1.82) is 0 Å². The number of nitrogens with zero attached hydrogens (tertiary/aromatic N) is 1. The largest absolute Gasteiger partial charge is 0.472 e. The maximum Gasteiger partial charge on any atom is 0.0948 e. The van der Waals surface area contributed by atoms with Crippen LogP contribution in [0.3, 0.4) is 0 Å². The minimum Gasteiger partial charge on any atom is -0.472 e. The van der Waals surface area contributed by atoms with Crippen LogP contribution in [0.2, 0.25) is 0 Å². The predicted octanol–water partition coefficient (Wildman–Crippen LogP) is 1.10. The molecule has 0 aliphatic rings. The van der Waals surface area contributed by atoms with E-state index in [-0.39, 0.29) is 0 Å². The van der Waals surface area contributed by atoms with Crippen molar-refractivity contribution >= 4 is 0 Å². The van der Waals surface area contributed by atoms with Gasteiger partial charge in [-0.15, -0.1) is 0 Å². The van der Waals surface area contributed by atoms with Crippen LogP contribution < -0.4 is 0 Å². The Bertz CT molecular complexity index is 158. The molecule has 0 bridgehead atoms. The highest BCUT2D eigenvalue weighted by atomic mass is 16.5. The first-order chi connectivity index (χ1) is 4.29. The zero-order chi connectivity index (χ0) is 6.69. The molecule has 0 unspecified atom stereocenters. The Labute approximate surface area is 53.5 Å². The van der Waals surface area contributed by atoms with Gasteiger partial charge >= 0.3 is 0 Å². The van der Waals surface area contributed by atoms with Crippen molar-refractivity contribution in [2.75, 3.05) is 7.05 Å². The molecule has 0 atom stereocenters. The normalized spacial score (nSPS) is 10.6. The highest BCUT2D eigenvalue weighted by Crippen LogP contribution is 2.00. The molecule has 0 fully saturated rings. The number of hydrogen-bond acceptors (Lipinski definition) is 3. The Morgan fingerprint density at radius 3 is 3.00 bits per heavy atom. The van der Waals surface area contributed by atoms with E-state index in [9.17, 15) is 0 Å². The summed E-state index contributed by atoms with van der Waals surface area (Å²) in [6, 6.07) is 1.81. The molecule has 0 saturated heterocycles. The van der Waals surface area contributed by atoms with Gasteiger partial charge in [0.2, 0.25) is 0 Å². The molecule has 0 amide bonds. The first-order valence-electron chi connectivity index (χ1n) is 2.70. The summed E-state index contributed by atoms with van der Waals surface area (Å²) in [5, 5.41) is 9.82. The third-order valence-corrected chi connectivity index (χ3v) is 0.991. The second kappa shape index (κ2) is 2.66. The lowest BCUT2D eigenvalue weighted by atomic mass is 10.3. The van der Waals surface area contributed by atoms with Crippen LogP contribution in [0.1, 0.15) is 5.56 Å². The Balaban J connectivity index is 2.48. The van der Waals surface area contributed by atoms with E-state index in [1.165, 1.54) is 0 Å². The third kappa shape index (κ3) is 1.87. The van der Waals surface area contributed by atoms with Crippen LogP contribution in [-0.4, -0.2) is 17.3 Å². The summed E-state index contributed by atoms with van der Waals surface area (Å²) in [6.07, 6.45) is 3.19. The standard InChI is InChI=1S/C6H9NO2/c1-7(8)4-6-2-3-9-5-6/h2-3,5,8H,4H2,1H3. The van der Waals surface area contributed by atoms with E-state index in [1.54, 1.807) is 19.6 Å². The lowest BCUT2D eigenvalue weighted by Gasteiger charge is -2.03. The third-order valence-electron chi connectivity index (χ3n) is 0.991. The summed E-state index contributed by atoms with van der Waals surface area (Å²) in [4.78, 5) is 0. The first kappa shape index (κ1) is 6.32. The second-order valence-corrected chi connectivity index (χ2v) is 1.95. The minimum absolute atomic E-state index is 0.510. The lowest BCUT2D eigenvalue weighted by Crippen LogP contribution is -2.10. The van der Waals surface area contributed by atoms with Crippen LogP contribution in [0.15, 0.2) is 23.0 Å². The topological polar surface area (TPSA) is 36.6 Å². The van der Waals surface area contributed by atoms with Crippen molar-refractivity contribution in [2.24, 2.45) is 0 Å². The summed E-state index contributed by atoms with van der Waals surface area (Å²) in [5.74, 6) is 0. The van der Waals surface area contributed by atoms with Crippen LogP contribution in [-0.2, 0) is 6.54 Å². The quantitative estimate of drug-likeness (QED) is 0.604. The molecule has 3 nitrogen and oxygen atoms in total. The van der Waals surface area contributed by atoms with E-state index in [1.807, 2.05) is 6.07 Å². The van der Waals surface area contributed by atoms with Gasteiger partial charge in [-0.1, -0.05) is 0 Å². The summed E-state index contributed by atoms with van der Waals surface area (Å²) in [5.41, 5.74) is 0.972. The lowest BCUT2D eigenvalue weighted by molar-refractivity contribution is -0.0732. The molecular weight excluding hydrogens is 118 g/mol. The van der Waals surface area contributed by atoms with Crippen molar-refractivity contribution in [1.82, 2.24) is 5.06 Å². The number of hydroxylamine groups is 2. The van der Waals surface area contributed by atoms with Gasteiger partial charge in [-0.25, -0.2) is 0 Å². The molecule has 0 spiro atoms. The highest BCUT2D eigenvalue weighted by molar-refractivity contribution is 5.03. The fourth-order valence-electron chi connectivity index (χ4n) is 0.647. The smallest absolute Gasteiger partial charge is 0.0948 e. The number of hydrogen-bond donors (Lipinski definition) is 1. The summed E-state index contributed by atoms with van der Waals surface area (Å²) < 4.78 is 4.78. The first-order valence-corrected chi connectivity index (χ1v) is 2.70. The molecule has 1 rings (SSSR count). The van der Waals surface area contributed by atoms with Gasteiger partial charge in [0.05, 0.1) is 19.1 Å². The molecular formula is C6H9NO2. The van der Waals surface area contributed by atoms with E-state index < -0.39 is 0 Å². The zero-order valence-electron chi connectivity index (χ0n) is 5.24. The van der Waals surface area contributed by atoms with Crippen molar-refractivity contribution in [3.8, 4) is 0 Å². The van der Waals surface area contributed by atoms with Crippen molar-refractivity contribution in [3.63, 3.8) is 0 Å². The van der Waals surface area contributed by atoms with Crippen LogP contribution in [0.25, 0.3) is 0 Å². The van der Waals surface area contributed by atoms with Gasteiger partial charge in [0.1, 0.15) is 0 Å². The Hall–Kier alpha value is -0.800. The van der Waals surface area contributed by atoms with Gasteiger partial charge in [0.15, 0.2) is 0 Å². The van der Waals surface area contributed by atoms with E-state index in [0.717, 1.165) is 10.6 Å². The molecule has 0 aliphatic carbocycles. The molecule has 0 aliphatic heterocycles. The van der Waals surface area contributed by atoms with Crippen LogP contribution in [0.4, 0.5) is 0 Å². The Kier molecular flexibility index (Phi) is 1.87. The molecule has 50 valence electrons. The highest BCUT2D eigenvalue weighted by Gasteiger charge is 1.94. The van der Waals surface area contributed by atoms with Gasteiger partial charge in [0.25, 0.3) is 0 Å². The monoisotopic (exact) mass is 127 g/mol. The van der Waals surface area contributed by atoms with E-state index in [2.05, 4.69) is 0 Å². The van der Waals surface area contributed by atoms with Gasteiger partial charge in [0, 0.05) is 12.6 Å². The van der Waals surface area contributed by atoms with Crippen LogP contribution in [0, 0.1) is 0 Å². The van der Waals surface area contributed by atoms with Crippen LogP contribution in [0.5, 0.6) is 0 Å². The number of rotatable bonds is 2. The molecule has 9 heavy (non-hydrogen) atoms. The molecule has 1 heterocycles. The Morgan fingerprint density at radius 2 is 2.56 bits per heavy atom. The molecule has 1 aromatic rings. The minimum atomic E-state index is 0.510. The van der Waals surface area contributed by atoms with Gasteiger partial charge in [-0.2, -0.15) is 5.06 Å². The molecule has 0 aromatic carbocycles. The fourth-order valence-corrected chi connectivity index (χ4v) is 0.647. The predicted molar refractivity (Wildman–Crippen MR) is 32.0 cm³/mol. The summed E-state index contributed by atoms with van der Waals surface area (Å²) in [7, 11) is 1.59. The maximum absolute atomic E-state index is 8.72. The van der Waals surface area contributed by atoms with Crippen molar-refractivity contribution < 1.29 is 9.62 Å². The van der Waals surface area contributed by atoms with Gasteiger partial charge in [-0.05, 0) is 6.07 Å². The Morgan fingerprint density at radius 1 is 1.78 bits per heavy atom.